The summed E-state index contributed by atoms with van der Waals surface area (Å²) in [4.78, 5) is 12.4. The van der Waals surface area contributed by atoms with Crippen molar-refractivity contribution in [2.24, 2.45) is 11.1 Å². The molecule has 0 unspecified atom stereocenters. The van der Waals surface area contributed by atoms with Gasteiger partial charge in [0.1, 0.15) is 0 Å². The molecule has 1 heterocycles. The van der Waals surface area contributed by atoms with Crippen LogP contribution in [-0.2, 0) is 0 Å². The molecule has 0 spiro atoms. The quantitative estimate of drug-likeness (QED) is 0.570. The zero-order valence-electron chi connectivity index (χ0n) is 7.55. The van der Waals surface area contributed by atoms with Crippen LogP contribution in [0.5, 0.6) is 0 Å². The Labute approximate surface area is 74.7 Å². The number of carbonyl (C=O) groups is 1. The van der Waals surface area contributed by atoms with Crippen LogP contribution in [0.25, 0.3) is 0 Å². The Hall–Kier alpha value is -0.505. The number of piperidine rings is 1. The molecular weight excluding hydrogens is 151 g/mol. The highest BCUT2D eigenvalue weighted by Gasteiger charge is 2.28. The Morgan fingerprint density at radius 3 is 2.42 bits per heavy atom. The summed E-state index contributed by atoms with van der Waals surface area (Å²) >= 11 is 0. The fourth-order valence-electron chi connectivity index (χ4n) is 1.47. The first-order valence-electron chi connectivity index (χ1n) is 4.32. The van der Waals surface area contributed by atoms with Gasteiger partial charge in [0.15, 0.2) is 5.81 Å². The molecule has 0 bridgehead atoms. The molecule has 0 atom stereocenters. The van der Waals surface area contributed by atoms with Gasteiger partial charge in [0.05, 0.1) is 0 Å². The second-order valence-corrected chi connectivity index (χ2v) is 3.84. The van der Waals surface area contributed by atoms with Crippen molar-refractivity contribution in [3.8, 4) is 0 Å². The van der Waals surface area contributed by atoms with Crippen LogP contribution in [0.4, 0.5) is 4.79 Å². The van der Waals surface area contributed by atoms with E-state index in [4.69, 9.17) is 13.6 Å². The van der Waals surface area contributed by atoms with Crippen LogP contribution in [0.2, 0.25) is 0 Å². The van der Waals surface area contributed by atoms with Gasteiger partial charge in [-0.25, -0.2) is 0 Å². The van der Waals surface area contributed by atoms with Crippen molar-refractivity contribution in [1.29, 1.82) is 0 Å². The van der Waals surface area contributed by atoms with Gasteiger partial charge >= 0.3 is 0 Å². The highest BCUT2D eigenvalue weighted by atomic mass is 16.1. The summed E-state index contributed by atoms with van der Waals surface area (Å²) in [5, 5.41) is 0. The van der Waals surface area contributed by atoms with Crippen molar-refractivity contribution < 1.29 is 4.79 Å². The van der Waals surface area contributed by atoms with Crippen LogP contribution in [0.3, 0.4) is 0 Å². The lowest BCUT2D eigenvalue weighted by Crippen LogP contribution is -2.44. The van der Waals surface area contributed by atoms with Gasteiger partial charge in [-0.15, -0.1) is 0 Å². The van der Waals surface area contributed by atoms with E-state index in [0.29, 0.717) is 6.54 Å². The number of rotatable bonds is 1. The summed E-state index contributed by atoms with van der Waals surface area (Å²) < 4.78 is 0. The minimum Gasteiger partial charge on any atom is -0.353 e. The second-order valence-electron chi connectivity index (χ2n) is 3.84. The highest BCUT2D eigenvalue weighted by molar-refractivity contribution is 6.56. The van der Waals surface area contributed by atoms with E-state index in [1.807, 2.05) is 0 Å². The fraction of sp³-hybridized carbons (Fsp3) is 0.875. The average Bonchev–Trinajstić information content (AvgIpc) is 2.05. The molecule has 1 aliphatic rings. The summed E-state index contributed by atoms with van der Waals surface area (Å²) in [6.45, 7) is 4.36. The van der Waals surface area contributed by atoms with Crippen molar-refractivity contribution in [3.05, 3.63) is 0 Å². The lowest BCUT2D eigenvalue weighted by molar-refractivity contribution is 0.147. The highest BCUT2D eigenvalue weighted by Crippen LogP contribution is 2.29. The Morgan fingerprint density at radius 1 is 1.58 bits per heavy atom. The van der Waals surface area contributed by atoms with Gasteiger partial charge in [0, 0.05) is 13.1 Å². The van der Waals surface area contributed by atoms with E-state index in [-0.39, 0.29) is 11.2 Å². The standard InChI is InChI=1S/C8H15BN2O/c1-8(6-10)2-4-11(5-3-8)7(9)12/h2-6,10H2,1H3. The third-order valence-corrected chi connectivity index (χ3v) is 2.78. The van der Waals surface area contributed by atoms with Crippen molar-refractivity contribution in [2.45, 2.75) is 19.8 Å². The summed E-state index contributed by atoms with van der Waals surface area (Å²) in [7, 11) is 5.15. The zero-order chi connectivity index (χ0) is 9.19. The number of hydrogen-bond acceptors (Lipinski definition) is 2. The fourth-order valence-corrected chi connectivity index (χ4v) is 1.47. The van der Waals surface area contributed by atoms with Gasteiger partial charge in [0.2, 0.25) is 7.85 Å². The van der Waals surface area contributed by atoms with Crippen LogP contribution >= 0.6 is 0 Å². The third kappa shape index (κ3) is 2.00. The van der Waals surface area contributed by atoms with Crippen molar-refractivity contribution >= 4 is 13.7 Å². The molecule has 0 aromatic heterocycles. The number of amides is 1. The van der Waals surface area contributed by atoms with Crippen LogP contribution in [0.15, 0.2) is 0 Å². The van der Waals surface area contributed by atoms with E-state index in [9.17, 15) is 4.79 Å². The van der Waals surface area contributed by atoms with Crippen molar-refractivity contribution in [2.75, 3.05) is 19.6 Å². The number of carbonyl (C=O) groups excluding carboxylic acids is 1. The topological polar surface area (TPSA) is 46.3 Å². The van der Waals surface area contributed by atoms with Gasteiger partial charge in [-0.05, 0) is 24.8 Å². The molecule has 0 saturated carbocycles. The number of likely N-dealkylation sites (tertiary alicyclic amines) is 1. The molecule has 1 aliphatic heterocycles. The van der Waals surface area contributed by atoms with Gasteiger partial charge in [-0.1, -0.05) is 6.92 Å². The molecule has 0 aromatic rings. The molecular formula is C8H15BN2O. The Balaban J connectivity index is 2.44. The molecule has 12 heavy (non-hydrogen) atoms. The normalized spacial score (nSPS) is 22.3. The SMILES string of the molecule is [B]C(=O)N1CCC(C)(CN)CC1. The maximum atomic E-state index is 10.8. The second kappa shape index (κ2) is 3.48. The molecule has 1 fully saturated rings. The maximum Gasteiger partial charge on any atom is 0.200 e. The van der Waals surface area contributed by atoms with Crippen LogP contribution < -0.4 is 5.73 Å². The number of hydrogen-bond donors (Lipinski definition) is 1. The summed E-state index contributed by atoms with van der Waals surface area (Å²) in [5.74, 6) is -0.311. The molecule has 4 heteroatoms. The van der Waals surface area contributed by atoms with Crippen molar-refractivity contribution in [1.82, 2.24) is 4.90 Å². The molecule has 1 amide bonds. The molecule has 1 saturated heterocycles. The first kappa shape index (κ1) is 9.58. The first-order chi connectivity index (χ1) is 5.57. The molecule has 66 valence electrons. The Bertz CT molecular complexity index is 176. The number of nitrogens with zero attached hydrogens (tertiary/aromatic N) is 1. The van der Waals surface area contributed by atoms with Crippen LogP contribution in [-0.4, -0.2) is 38.2 Å². The Morgan fingerprint density at radius 2 is 2.08 bits per heavy atom. The van der Waals surface area contributed by atoms with E-state index in [2.05, 4.69) is 6.92 Å². The summed E-state index contributed by atoms with van der Waals surface area (Å²) in [6.07, 6.45) is 1.93. The zero-order valence-corrected chi connectivity index (χ0v) is 7.55. The predicted molar refractivity (Wildman–Crippen MR) is 49.1 cm³/mol. The smallest absolute Gasteiger partial charge is 0.200 e. The monoisotopic (exact) mass is 166 g/mol. The molecule has 1 rings (SSSR count). The summed E-state index contributed by atoms with van der Waals surface area (Å²) in [5.41, 5.74) is 5.84. The van der Waals surface area contributed by atoms with Crippen LogP contribution in [0, 0.1) is 5.41 Å². The predicted octanol–water partition coefficient (Wildman–Crippen LogP) is 0.336. The van der Waals surface area contributed by atoms with E-state index in [0.717, 1.165) is 25.9 Å². The molecule has 0 aromatic carbocycles. The van der Waals surface area contributed by atoms with E-state index >= 15 is 0 Å². The molecule has 3 nitrogen and oxygen atoms in total. The largest absolute Gasteiger partial charge is 0.353 e. The maximum absolute atomic E-state index is 10.8. The minimum absolute atomic E-state index is 0.214. The molecule has 0 aliphatic carbocycles. The number of nitrogens with two attached hydrogens (primary N) is 1. The Kier molecular flexibility index (Phi) is 2.78. The van der Waals surface area contributed by atoms with Gasteiger partial charge in [0.25, 0.3) is 0 Å². The lowest BCUT2D eigenvalue weighted by atomic mass is 9.80. The molecule has 2 N–H and O–H groups in total. The van der Waals surface area contributed by atoms with Crippen molar-refractivity contribution in [3.63, 3.8) is 0 Å². The first-order valence-corrected chi connectivity index (χ1v) is 4.32. The molecule has 2 radical (unpaired) electrons. The lowest BCUT2D eigenvalue weighted by Gasteiger charge is -2.38. The van der Waals surface area contributed by atoms with Gasteiger partial charge in [-0.2, -0.15) is 0 Å². The third-order valence-electron chi connectivity index (χ3n) is 2.78. The average molecular weight is 166 g/mol. The summed E-state index contributed by atoms with van der Waals surface area (Å²) in [6, 6.07) is 0. The van der Waals surface area contributed by atoms with E-state index in [1.165, 1.54) is 0 Å². The minimum atomic E-state index is -0.311. The van der Waals surface area contributed by atoms with Gasteiger partial charge in [-0.3, -0.25) is 4.79 Å². The van der Waals surface area contributed by atoms with Gasteiger partial charge < -0.3 is 10.6 Å². The van der Waals surface area contributed by atoms with E-state index < -0.39 is 0 Å². The van der Waals surface area contributed by atoms with E-state index in [1.54, 1.807) is 4.90 Å². The van der Waals surface area contributed by atoms with Crippen LogP contribution in [0.1, 0.15) is 19.8 Å².